The molecule has 0 bridgehead atoms. The molecule has 0 aliphatic carbocycles. The zero-order chi connectivity index (χ0) is 25.9. The summed E-state index contributed by atoms with van der Waals surface area (Å²) in [7, 11) is 0. The Morgan fingerprint density at radius 1 is 1.05 bits per heavy atom. The molecule has 1 aliphatic heterocycles. The lowest BCUT2D eigenvalue weighted by Crippen LogP contribution is -2.31. The van der Waals surface area contributed by atoms with Gasteiger partial charge in [0.25, 0.3) is 11.7 Å². The number of likely N-dealkylation sites (tertiary alicyclic amines) is 1. The van der Waals surface area contributed by atoms with Gasteiger partial charge in [0, 0.05) is 34.8 Å². The number of halogens is 1. The fourth-order valence-electron chi connectivity index (χ4n) is 4.76. The highest BCUT2D eigenvalue weighted by molar-refractivity contribution is 6.46. The Morgan fingerprint density at radius 2 is 1.84 bits per heavy atom. The molecule has 2 N–H and O–H groups in total. The van der Waals surface area contributed by atoms with Crippen LogP contribution >= 0.6 is 0 Å². The van der Waals surface area contributed by atoms with E-state index < -0.39 is 17.7 Å². The average Bonchev–Trinajstić information content (AvgIpc) is 3.45. The van der Waals surface area contributed by atoms with Crippen molar-refractivity contribution in [1.29, 1.82) is 0 Å². The molecular weight excluding hydrogens is 471 g/mol. The summed E-state index contributed by atoms with van der Waals surface area (Å²) < 4.78 is 19.1. The topological polar surface area (TPSA) is 82.6 Å². The van der Waals surface area contributed by atoms with Crippen LogP contribution in [-0.2, 0) is 16.0 Å². The number of Topliss-reactive ketones (excluding diaryl/α,β-unsaturated/α-hetero) is 1. The number of rotatable bonds is 8. The average molecular weight is 499 g/mol. The van der Waals surface area contributed by atoms with Crippen LogP contribution in [0, 0.1) is 5.82 Å². The third kappa shape index (κ3) is 4.72. The quantitative estimate of drug-likeness (QED) is 0.184. The van der Waals surface area contributed by atoms with Gasteiger partial charge in [-0.2, -0.15) is 0 Å². The molecule has 37 heavy (non-hydrogen) atoms. The van der Waals surface area contributed by atoms with Crippen LogP contribution in [0.15, 0.2) is 84.6 Å². The molecule has 1 aliphatic rings. The van der Waals surface area contributed by atoms with Crippen LogP contribution in [0.4, 0.5) is 4.39 Å². The van der Waals surface area contributed by atoms with Crippen molar-refractivity contribution >= 4 is 28.4 Å². The number of carbonyl (C=O) groups is 2. The van der Waals surface area contributed by atoms with Crippen LogP contribution in [0.2, 0.25) is 0 Å². The fraction of sp³-hybridized carbons (Fsp3) is 0.200. The smallest absolute Gasteiger partial charge is 0.295 e. The van der Waals surface area contributed by atoms with Gasteiger partial charge in [-0.25, -0.2) is 4.39 Å². The molecule has 1 amide bonds. The van der Waals surface area contributed by atoms with E-state index in [9.17, 15) is 19.1 Å². The van der Waals surface area contributed by atoms with Crippen LogP contribution in [0.3, 0.4) is 0 Å². The molecule has 3 aromatic carbocycles. The van der Waals surface area contributed by atoms with Gasteiger partial charge >= 0.3 is 0 Å². The third-order valence-corrected chi connectivity index (χ3v) is 6.59. The van der Waals surface area contributed by atoms with Crippen molar-refractivity contribution in [3.63, 3.8) is 0 Å². The van der Waals surface area contributed by atoms with E-state index in [4.69, 9.17) is 4.74 Å². The van der Waals surface area contributed by atoms with Crippen LogP contribution in [0.25, 0.3) is 16.7 Å². The van der Waals surface area contributed by atoms with Gasteiger partial charge in [0.1, 0.15) is 17.3 Å². The molecule has 0 spiro atoms. The van der Waals surface area contributed by atoms with Crippen LogP contribution < -0.4 is 4.74 Å². The summed E-state index contributed by atoms with van der Waals surface area (Å²) in [5.41, 5.74) is 2.84. The standard InChI is InChI=1S/C30H27FN2O4/c1-2-16-37-22-7-5-6-20(17-22)28(34)26-27(24-18-32-25-9-4-3-8-23(24)25)33(30(36)29(26)35)15-14-19-10-12-21(31)13-11-19/h3-13,17-18,27,32,34H,2,14-16H2,1H3/b28-26+. The minimum atomic E-state index is -0.795. The number of aliphatic hydroxyl groups excluding tert-OH is 1. The first-order valence-corrected chi connectivity index (χ1v) is 12.3. The Bertz CT molecular complexity index is 1490. The Hall–Kier alpha value is -4.39. The van der Waals surface area contributed by atoms with Crippen molar-refractivity contribution in [2.75, 3.05) is 13.2 Å². The second-order valence-corrected chi connectivity index (χ2v) is 9.03. The van der Waals surface area contributed by atoms with E-state index in [2.05, 4.69) is 4.98 Å². The first-order chi connectivity index (χ1) is 18.0. The molecule has 5 rings (SSSR count). The highest BCUT2D eigenvalue weighted by Gasteiger charge is 2.46. The number of ketones is 1. The van der Waals surface area contributed by atoms with Crippen LogP contribution in [-0.4, -0.2) is 39.8 Å². The summed E-state index contributed by atoms with van der Waals surface area (Å²) in [6.45, 7) is 2.74. The maximum absolute atomic E-state index is 13.4. The number of aromatic nitrogens is 1. The predicted octanol–water partition coefficient (Wildman–Crippen LogP) is 5.76. The molecular formula is C30H27FN2O4. The highest BCUT2D eigenvalue weighted by Crippen LogP contribution is 2.42. The second-order valence-electron chi connectivity index (χ2n) is 9.03. The number of amides is 1. The molecule has 6 nitrogen and oxygen atoms in total. The van der Waals surface area contributed by atoms with E-state index in [1.165, 1.54) is 17.0 Å². The number of hydrogen-bond acceptors (Lipinski definition) is 4. The van der Waals surface area contributed by atoms with E-state index in [0.717, 1.165) is 22.9 Å². The molecule has 1 atom stereocenters. The number of para-hydroxylation sites is 1. The number of benzene rings is 3. The zero-order valence-electron chi connectivity index (χ0n) is 20.4. The van der Waals surface area contributed by atoms with Gasteiger partial charge in [-0.15, -0.1) is 0 Å². The number of fused-ring (bicyclic) bond motifs is 1. The molecule has 1 fully saturated rings. The van der Waals surface area contributed by atoms with Gasteiger partial charge in [0.2, 0.25) is 0 Å². The van der Waals surface area contributed by atoms with Gasteiger partial charge in [0.15, 0.2) is 0 Å². The minimum absolute atomic E-state index is 0.0292. The molecule has 2 heterocycles. The van der Waals surface area contributed by atoms with Crippen molar-refractivity contribution in [3.8, 4) is 5.75 Å². The fourth-order valence-corrected chi connectivity index (χ4v) is 4.76. The largest absolute Gasteiger partial charge is 0.507 e. The monoisotopic (exact) mass is 498 g/mol. The van der Waals surface area contributed by atoms with Gasteiger partial charge < -0.3 is 19.7 Å². The van der Waals surface area contributed by atoms with Crippen molar-refractivity contribution < 1.29 is 23.8 Å². The second kappa shape index (κ2) is 10.3. The van der Waals surface area contributed by atoms with Gasteiger partial charge in [-0.05, 0) is 48.7 Å². The summed E-state index contributed by atoms with van der Waals surface area (Å²) in [5.74, 6) is -1.45. The number of nitrogens with zero attached hydrogens (tertiary/aromatic N) is 1. The highest BCUT2D eigenvalue weighted by atomic mass is 19.1. The Kier molecular flexibility index (Phi) is 6.77. The van der Waals surface area contributed by atoms with Crippen molar-refractivity contribution in [1.82, 2.24) is 9.88 Å². The Balaban J connectivity index is 1.59. The zero-order valence-corrected chi connectivity index (χ0v) is 20.4. The molecule has 1 saturated heterocycles. The van der Waals surface area contributed by atoms with E-state index in [0.29, 0.717) is 29.9 Å². The lowest BCUT2D eigenvalue weighted by atomic mass is 9.94. The van der Waals surface area contributed by atoms with Crippen molar-refractivity contribution in [2.45, 2.75) is 25.8 Å². The van der Waals surface area contributed by atoms with E-state index in [1.54, 1.807) is 42.6 Å². The van der Waals surface area contributed by atoms with Crippen molar-refractivity contribution in [3.05, 3.63) is 107 Å². The molecule has 7 heteroatoms. The Labute approximate surface area is 214 Å². The number of ether oxygens (including phenoxy) is 1. The molecule has 0 saturated carbocycles. The number of nitrogens with one attached hydrogen (secondary N) is 1. The summed E-state index contributed by atoms with van der Waals surface area (Å²) in [5, 5.41) is 12.3. The molecule has 1 aromatic heterocycles. The predicted molar refractivity (Wildman–Crippen MR) is 140 cm³/mol. The first-order valence-electron chi connectivity index (χ1n) is 12.3. The lowest BCUT2D eigenvalue weighted by molar-refractivity contribution is -0.139. The normalized spacial score (nSPS) is 17.0. The summed E-state index contributed by atoms with van der Waals surface area (Å²) in [6.07, 6.45) is 3.03. The van der Waals surface area contributed by atoms with Crippen molar-refractivity contribution in [2.24, 2.45) is 0 Å². The maximum Gasteiger partial charge on any atom is 0.295 e. The number of hydrogen-bond donors (Lipinski definition) is 2. The Morgan fingerprint density at radius 3 is 2.62 bits per heavy atom. The molecule has 1 unspecified atom stereocenters. The van der Waals surface area contributed by atoms with E-state index >= 15 is 0 Å². The SMILES string of the molecule is CCCOc1cccc(/C(O)=C2\C(=O)C(=O)N(CCc3ccc(F)cc3)C2c2c[nH]c3ccccc23)c1. The van der Waals surface area contributed by atoms with Crippen LogP contribution in [0.5, 0.6) is 5.75 Å². The minimum Gasteiger partial charge on any atom is -0.507 e. The number of H-pyrrole nitrogens is 1. The molecule has 4 aromatic rings. The summed E-state index contributed by atoms with van der Waals surface area (Å²) in [6, 6.07) is 19.8. The molecule has 188 valence electrons. The van der Waals surface area contributed by atoms with E-state index in [-0.39, 0.29) is 23.7 Å². The van der Waals surface area contributed by atoms with Gasteiger partial charge in [-0.3, -0.25) is 9.59 Å². The maximum atomic E-state index is 13.4. The van der Waals surface area contributed by atoms with Gasteiger partial charge in [0.05, 0.1) is 18.2 Å². The summed E-state index contributed by atoms with van der Waals surface area (Å²) in [4.78, 5) is 31.4. The lowest BCUT2D eigenvalue weighted by Gasteiger charge is -2.25. The number of aromatic amines is 1. The number of carbonyl (C=O) groups excluding carboxylic acids is 2. The van der Waals surface area contributed by atoms with E-state index in [1.807, 2.05) is 31.2 Å². The number of aliphatic hydroxyl groups is 1. The van der Waals surface area contributed by atoms with Crippen LogP contribution in [0.1, 0.15) is 36.1 Å². The third-order valence-electron chi connectivity index (χ3n) is 6.59. The molecule has 0 radical (unpaired) electrons. The van der Waals surface area contributed by atoms with Gasteiger partial charge in [-0.1, -0.05) is 49.4 Å². The summed E-state index contributed by atoms with van der Waals surface area (Å²) >= 11 is 0. The first kappa shape index (κ1) is 24.3.